The van der Waals surface area contributed by atoms with Gasteiger partial charge in [-0.15, -0.1) is 0 Å². The van der Waals surface area contributed by atoms with Crippen LogP contribution < -0.4 is 5.32 Å². The van der Waals surface area contributed by atoms with Gasteiger partial charge in [-0.1, -0.05) is 66.2 Å². The lowest BCUT2D eigenvalue weighted by atomic mass is 10.1. The molecule has 0 spiro atoms. The van der Waals surface area contributed by atoms with E-state index in [0.29, 0.717) is 10.9 Å². The SMILES string of the molecule is Cc1cccc(CS(=O)(=O)c2cn(CC(=O)Nc3c(C)cccc3C)c3ccccc23)c1. The van der Waals surface area contributed by atoms with E-state index in [1.807, 2.05) is 81.4 Å². The molecular formula is C26H26N2O3S. The minimum atomic E-state index is -3.60. The van der Waals surface area contributed by atoms with E-state index >= 15 is 0 Å². The van der Waals surface area contributed by atoms with Crippen LogP contribution in [0, 0.1) is 20.8 Å². The van der Waals surface area contributed by atoms with Gasteiger partial charge < -0.3 is 9.88 Å². The second-order valence-corrected chi connectivity index (χ2v) is 10.2. The van der Waals surface area contributed by atoms with E-state index in [9.17, 15) is 13.2 Å². The van der Waals surface area contributed by atoms with Crippen LogP contribution in [0.4, 0.5) is 5.69 Å². The fourth-order valence-corrected chi connectivity index (χ4v) is 5.61. The van der Waals surface area contributed by atoms with E-state index < -0.39 is 9.84 Å². The Balaban J connectivity index is 1.66. The molecule has 0 bridgehead atoms. The van der Waals surface area contributed by atoms with Crippen molar-refractivity contribution in [3.8, 4) is 0 Å². The molecule has 0 atom stereocenters. The van der Waals surface area contributed by atoms with Crippen molar-refractivity contribution < 1.29 is 13.2 Å². The summed E-state index contributed by atoms with van der Waals surface area (Å²) in [6.07, 6.45) is 1.58. The van der Waals surface area contributed by atoms with Gasteiger partial charge in [0.15, 0.2) is 9.84 Å². The van der Waals surface area contributed by atoms with Gasteiger partial charge in [-0.3, -0.25) is 4.79 Å². The molecule has 4 aromatic rings. The number of aryl methyl sites for hydroxylation is 3. The molecule has 5 nitrogen and oxygen atoms in total. The number of carbonyl (C=O) groups is 1. The summed E-state index contributed by atoms with van der Waals surface area (Å²) in [5, 5.41) is 3.60. The van der Waals surface area contributed by atoms with Crippen molar-refractivity contribution in [2.24, 2.45) is 0 Å². The molecule has 1 amide bonds. The Morgan fingerprint density at radius 1 is 0.906 bits per heavy atom. The molecule has 3 aromatic carbocycles. The number of nitrogens with zero attached hydrogens (tertiary/aromatic N) is 1. The summed E-state index contributed by atoms with van der Waals surface area (Å²) < 4.78 is 28.3. The second-order valence-electron chi connectivity index (χ2n) is 8.20. The zero-order valence-corrected chi connectivity index (χ0v) is 19.2. The quantitative estimate of drug-likeness (QED) is 0.444. The number of para-hydroxylation sites is 2. The summed E-state index contributed by atoms with van der Waals surface area (Å²) in [5.74, 6) is -0.289. The predicted octanol–water partition coefficient (Wildman–Crippen LogP) is 5.18. The number of nitrogens with one attached hydrogen (secondary N) is 1. The van der Waals surface area contributed by atoms with Gasteiger partial charge in [-0.05, 0) is 43.5 Å². The molecule has 164 valence electrons. The van der Waals surface area contributed by atoms with E-state index in [0.717, 1.165) is 27.9 Å². The molecule has 1 aromatic heterocycles. The summed E-state index contributed by atoms with van der Waals surface area (Å²) in [6, 6.07) is 20.6. The van der Waals surface area contributed by atoms with E-state index in [1.165, 1.54) is 0 Å². The zero-order chi connectivity index (χ0) is 22.9. The smallest absolute Gasteiger partial charge is 0.244 e. The molecule has 1 N–H and O–H groups in total. The number of amides is 1. The minimum absolute atomic E-state index is 0.0221. The number of aromatic nitrogens is 1. The van der Waals surface area contributed by atoms with Gasteiger partial charge in [0.05, 0.1) is 10.6 Å². The number of benzene rings is 3. The highest BCUT2D eigenvalue weighted by molar-refractivity contribution is 7.90. The maximum absolute atomic E-state index is 13.3. The Labute approximate surface area is 188 Å². The maximum Gasteiger partial charge on any atom is 0.244 e. The van der Waals surface area contributed by atoms with E-state index in [2.05, 4.69) is 5.32 Å². The van der Waals surface area contributed by atoms with Gasteiger partial charge in [-0.2, -0.15) is 0 Å². The van der Waals surface area contributed by atoms with E-state index in [4.69, 9.17) is 0 Å². The highest BCUT2D eigenvalue weighted by Gasteiger charge is 2.22. The highest BCUT2D eigenvalue weighted by Crippen LogP contribution is 2.28. The molecule has 0 radical (unpaired) electrons. The molecule has 0 saturated carbocycles. The molecule has 0 aliphatic heterocycles. The molecule has 6 heteroatoms. The fraction of sp³-hybridized carbons (Fsp3) is 0.192. The third-order valence-corrected chi connectivity index (χ3v) is 7.29. The van der Waals surface area contributed by atoms with Crippen LogP contribution in [-0.2, 0) is 26.9 Å². The Morgan fingerprint density at radius 2 is 1.59 bits per heavy atom. The summed E-state index contributed by atoms with van der Waals surface area (Å²) >= 11 is 0. The Bertz CT molecular complexity index is 1400. The Hall–Kier alpha value is -3.38. The number of rotatable bonds is 6. The standard InChI is InChI=1S/C26H26N2O3S/c1-18-8-6-11-21(14-18)17-32(30,31)24-15-28(23-13-5-4-12-22(23)24)16-25(29)27-26-19(2)9-7-10-20(26)3/h4-15H,16-17H2,1-3H3,(H,27,29). The van der Waals surface area contributed by atoms with Gasteiger partial charge in [-0.25, -0.2) is 8.42 Å². The van der Waals surface area contributed by atoms with Crippen molar-refractivity contribution in [3.05, 3.63) is 95.2 Å². The summed E-state index contributed by atoms with van der Waals surface area (Å²) in [6.45, 7) is 5.86. The monoisotopic (exact) mass is 446 g/mol. The lowest BCUT2D eigenvalue weighted by Crippen LogP contribution is -2.19. The predicted molar refractivity (Wildman–Crippen MR) is 129 cm³/mol. The number of fused-ring (bicyclic) bond motifs is 1. The van der Waals surface area contributed by atoms with Crippen LogP contribution in [0.3, 0.4) is 0 Å². The van der Waals surface area contributed by atoms with Crippen LogP contribution in [-0.4, -0.2) is 18.9 Å². The molecule has 0 saturated heterocycles. The van der Waals surface area contributed by atoms with Crippen molar-refractivity contribution in [3.63, 3.8) is 0 Å². The van der Waals surface area contributed by atoms with E-state index in [-0.39, 0.29) is 23.1 Å². The van der Waals surface area contributed by atoms with Crippen molar-refractivity contribution in [1.29, 1.82) is 0 Å². The lowest BCUT2D eigenvalue weighted by molar-refractivity contribution is -0.116. The molecule has 1 heterocycles. The lowest BCUT2D eigenvalue weighted by Gasteiger charge is -2.12. The first-order chi connectivity index (χ1) is 15.2. The molecule has 0 aliphatic carbocycles. The van der Waals surface area contributed by atoms with Crippen molar-refractivity contribution >= 4 is 32.3 Å². The van der Waals surface area contributed by atoms with Crippen molar-refractivity contribution in [1.82, 2.24) is 4.57 Å². The highest BCUT2D eigenvalue weighted by atomic mass is 32.2. The largest absolute Gasteiger partial charge is 0.337 e. The third kappa shape index (κ3) is 4.46. The molecule has 4 rings (SSSR count). The third-order valence-electron chi connectivity index (χ3n) is 5.59. The van der Waals surface area contributed by atoms with Crippen LogP contribution in [0.5, 0.6) is 0 Å². The van der Waals surface area contributed by atoms with Crippen LogP contribution in [0.1, 0.15) is 22.3 Å². The van der Waals surface area contributed by atoms with Crippen molar-refractivity contribution in [2.75, 3.05) is 5.32 Å². The number of hydrogen-bond acceptors (Lipinski definition) is 3. The number of hydrogen-bond donors (Lipinski definition) is 1. The molecule has 0 aliphatic rings. The topological polar surface area (TPSA) is 68.2 Å². The van der Waals surface area contributed by atoms with Crippen LogP contribution in [0.25, 0.3) is 10.9 Å². The fourth-order valence-electron chi connectivity index (χ4n) is 4.04. The average molecular weight is 447 g/mol. The van der Waals surface area contributed by atoms with Gasteiger partial charge >= 0.3 is 0 Å². The van der Waals surface area contributed by atoms with E-state index in [1.54, 1.807) is 16.8 Å². The van der Waals surface area contributed by atoms with Gasteiger partial charge in [0.25, 0.3) is 0 Å². The normalized spacial score (nSPS) is 11.6. The van der Waals surface area contributed by atoms with Gasteiger partial charge in [0.2, 0.25) is 5.91 Å². The summed E-state index contributed by atoms with van der Waals surface area (Å²) in [4.78, 5) is 13.1. The Morgan fingerprint density at radius 3 is 2.31 bits per heavy atom. The molecule has 32 heavy (non-hydrogen) atoms. The average Bonchev–Trinajstić information content (AvgIpc) is 3.10. The van der Waals surface area contributed by atoms with Crippen LogP contribution in [0.15, 0.2) is 77.8 Å². The number of anilines is 1. The molecule has 0 fully saturated rings. The number of carbonyl (C=O) groups excluding carboxylic acids is 1. The first-order valence-electron chi connectivity index (χ1n) is 10.5. The Kier molecular flexibility index (Phi) is 5.89. The molecule has 0 unspecified atom stereocenters. The van der Waals surface area contributed by atoms with Crippen LogP contribution in [0.2, 0.25) is 0 Å². The zero-order valence-electron chi connectivity index (χ0n) is 18.4. The first kappa shape index (κ1) is 21.8. The number of sulfone groups is 1. The summed E-state index contributed by atoms with van der Waals surface area (Å²) in [7, 11) is -3.60. The van der Waals surface area contributed by atoms with Gasteiger partial charge in [0, 0.05) is 22.8 Å². The minimum Gasteiger partial charge on any atom is -0.337 e. The first-order valence-corrected chi connectivity index (χ1v) is 12.1. The van der Waals surface area contributed by atoms with Crippen LogP contribution >= 0.6 is 0 Å². The van der Waals surface area contributed by atoms with Crippen molar-refractivity contribution in [2.45, 2.75) is 38.0 Å². The maximum atomic E-state index is 13.3. The van der Waals surface area contributed by atoms with Gasteiger partial charge in [0.1, 0.15) is 6.54 Å². The molecular weight excluding hydrogens is 420 g/mol. The second kappa shape index (κ2) is 8.63. The summed E-state index contributed by atoms with van der Waals surface area (Å²) in [5.41, 5.74) is 5.24.